The average molecular weight is 288 g/mol. The number of nitrogens with zero attached hydrogens (tertiary/aromatic N) is 2. The summed E-state index contributed by atoms with van der Waals surface area (Å²) in [6.07, 6.45) is 6.37. The van der Waals surface area contributed by atoms with Gasteiger partial charge in [0.1, 0.15) is 17.5 Å². The third-order valence-corrected chi connectivity index (χ3v) is 5.42. The summed E-state index contributed by atoms with van der Waals surface area (Å²) in [7, 11) is 1.95. The molecule has 1 aromatic heterocycles. The Kier molecular flexibility index (Phi) is 4.05. The van der Waals surface area contributed by atoms with Crippen molar-refractivity contribution in [1.29, 1.82) is 0 Å². The summed E-state index contributed by atoms with van der Waals surface area (Å²) in [6.45, 7) is 6.81. The van der Waals surface area contributed by atoms with Crippen LogP contribution in [-0.4, -0.2) is 23.1 Å². The molecule has 21 heavy (non-hydrogen) atoms. The second-order valence-electron chi connectivity index (χ2n) is 6.78. The molecule has 3 unspecified atom stereocenters. The highest BCUT2D eigenvalue weighted by Gasteiger charge is 2.33. The van der Waals surface area contributed by atoms with E-state index in [4.69, 9.17) is 4.98 Å². The molecule has 2 fully saturated rings. The number of rotatable bonds is 5. The molecule has 0 amide bonds. The number of anilines is 2. The lowest BCUT2D eigenvalue weighted by Gasteiger charge is -2.23. The number of hydrogen-bond donors (Lipinski definition) is 2. The van der Waals surface area contributed by atoms with Crippen LogP contribution in [0.25, 0.3) is 0 Å². The lowest BCUT2D eigenvalue weighted by molar-refractivity contribution is 0.391. The summed E-state index contributed by atoms with van der Waals surface area (Å²) in [6, 6.07) is 0.556. The third kappa shape index (κ3) is 2.85. The van der Waals surface area contributed by atoms with Crippen molar-refractivity contribution in [2.24, 2.45) is 11.8 Å². The van der Waals surface area contributed by atoms with E-state index in [-0.39, 0.29) is 0 Å². The van der Waals surface area contributed by atoms with Gasteiger partial charge in [-0.25, -0.2) is 9.97 Å². The molecule has 2 aliphatic rings. The largest absolute Gasteiger partial charge is 0.373 e. The minimum Gasteiger partial charge on any atom is -0.373 e. The van der Waals surface area contributed by atoms with E-state index in [9.17, 15) is 0 Å². The van der Waals surface area contributed by atoms with E-state index in [0.29, 0.717) is 12.0 Å². The molecular weight excluding hydrogens is 260 g/mol. The van der Waals surface area contributed by atoms with E-state index in [0.717, 1.165) is 34.9 Å². The van der Waals surface area contributed by atoms with Gasteiger partial charge in [0.25, 0.3) is 0 Å². The zero-order chi connectivity index (χ0) is 15.0. The van der Waals surface area contributed by atoms with Crippen LogP contribution in [0.2, 0.25) is 0 Å². The van der Waals surface area contributed by atoms with E-state index in [1.165, 1.54) is 32.1 Å². The summed E-state index contributed by atoms with van der Waals surface area (Å²) in [5, 5.41) is 6.95. The molecule has 3 atom stereocenters. The van der Waals surface area contributed by atoms with Crippen LogP contribution in [0.1, 0.15) is 63.3 Å². The highest BCUT2D eigenvalue weighted by molar-refractivity contribution is 5.57. The fourth-order valence-electron chi connectivity index (χ4n) is 3.65. The molecular formula is C17H28N4. The standard InChI is InChI=1S/C17H28N4/c1-5-12-8-9-14(10(12)2)19-16-11(3)15(18-4)20-17(21-16)13-6-7-13/h10,12-14H,5-9H2,1-4H3,(H2,18,19,20,21). The van der Waals surface area contributed by atoms with Crippen molar-refractivity contribution in [3.8, 4) is 0 Å². The van der Waals surface area contributed by atoms with Gasteiger partial charge in [0.2, 0.25) is 0 Å². The van der Waals surface area contributed by atoms with Gasteiger partial charge < -0.3 is 10.6 Å². The lowest BCUT2D eigenvalue weighted by atomic mass is 9.93. The van der Waals surface area contributed by atoms with Gasteiger partial charge in [-0.1, -0.05) is 20.3 Å². The Balaban J connectivity index is 1.82. The van der Waals surface area contributed by atoms with Crippen LogP contribution in [0.15, 0.2) is 0 Å². The predicted molar refractivity (Wildman–Crippen MR) is 87.9 cm³/mol. The van der Waals surface area contributed by atoms with Crippen LogP contribution in [0.3, 0.4) is 0 Å². The maximum atomic E-state index is 4.83. The zero-order valence-corrected chi connectivity index (χ0v) is 13.7. The van der Waals surface area contributed by atoms with Crippen LogP contribution in [0.4, 0.5) is 11.6 Å². The smallest absolute Gasteiger partial charge is 0.136 e. The van der Waals surface area contributed by atoms with E-state index in [1.54, 1.807) is 0 Å². The third-order valence-electron chi connectivity index (χ3n) is 5.42. The summed E-state index contributed by atoms with van der Waals surface area (Å²) in [5.74, 6) is 5.22. The van der Waals surface area contributed by atoms with Crippen molar-refractivity contribution >= 4 is 11.6 Å². The quantitative estimate of drug-likeness (QED) is 0.861. The molecule has 1 aromatic rings. The predicted octanol–water partition coefficient (Wildman–Crippen LogP) is 3.94. The molecule has 4 heteroatoms. The van der Waals surface area contributed by atoms with Crippen LogP contribution < -0.4 is 10.6 Å². The Morgan fingerprint density at radius 1 is 1.10 bits per heavy atom. The minimum absolute atomic E-state index is 0.556. The highest BCUT2D eigenvalue weighted by Crippen LogP contribution is 2.40. The second-order valence-corrected chi connectivity index (χ2v) is 6.78. The van der Waals surface area contributed by atoms with E-state index >= 15 is 0 Å². The molecule has 3 rings (SSSR count). The van der Waals surface area contributed by atoms with Crippen molar-refractivity contribution in [3.63, 3.8) is 0 Å². The summed E-state index contributed by atoms with van der Waals surface area (Å²) in [4.78, 5) is 9.51. The Bertz CT molecular complexity index is 510. The maximum absolute atomic E-state index is 4.83. The fourth-order valence-corrected chi connectivity index (χ4v) is 3.65. The molecule has 0 bridgehead atoms. The van der Waals surface area contributed by atoms with Gasteiger partial charge >= 0.3 is 0 Å². The monoisotopic (exact) mass is 288 g/mol. The van der Waals surface area contributed by atoms with Crippen LogP contribution in [0, 0.1) is 18.8 Å². The van der Waals surface area contributed by atoms with Crippen molar-refractivity contribution < 1.29 is 0 Å². The summed E-state index contributed by atoms with van der Waals surface area (Å²) < 4.78 is 0. The molecule has 4 nitrogen and oxygen atoms in total. The first-order valence-electron chi connectivity index (χ1n) is 8.46. The molecule has 116 valence electrons. The molecule has 2 aliphatic carbocycles. The fraction of sp³-hybridized carbons (Fsp3) is 0.765. The Morgan fingerprint density at radius 2 is 1.81 bits per heavy atom. The van der Waals surface area contributed by atoms with Crippen LogP contribution in [0.5, 0.6) is 0 Å². The molecule has 2 N–H and O–H groups in total. The van der Waals surface area contributed by atoms with Gasteiger partial charge in [-0.05, 0) is 44.4 Å². The minimum atomic E-state index is 0.556. The van der Waals surface area contributed by atoms with Gasteiger partial charge in [-0.3, -0.25) is 0 Å². The Hall–Kier alpha value is -1.32. The Morgan fingerprint density at radius 3 is 2.38 bits per heavy atom. The first kappa shape index (κ1) is 14.6. The van der Waals surface area contributed by atoms with Gasteiger partial charge in [0, 0.05) is 24.6 Å². The molecule has 1 heterocycles. The number of aromatic nitrogens is 2. The number of hydrogen-bond acceptors (Lipinski definition) is 4. The average Bonchev–Trinajstić information content (AvgIpc) is 3.27. The molecule has 0 radical (unpaired) electrons. The topological polar surface area (TPSA) is 49.8 Å². The highest BCUT2D eigenvalue weighted by atomic mass is 15.1. The van der Waals surface area contributed by atoms with E-state index in [1.807, 2.05) is 7.05 Å². The van der Waals surface area contributed by atoms with Crippen LogP contribution >= 0.6 is 0 Å². The van der Waals surface area contributed by atoms with Crippen molar-refractivity contribution in [3.05, 3.63) is 11.4 Å². The van der Waals surface area contributed by atoms with E-state index < -0.39 is 0 Å². The molecule has 0 aromatic carbocycles. The normalized spacial score (nSPS) is 28.7. The van der Waals surface area contributed by atoms with Gasteiger partial charge in [-0.15, -0.1) is 0 Å². The maximum Gasteiger partial charge on any atom is 0.136 e. The van der Waals surface area contributed by atoms with Crippen molar-refractivity contribution in [2.75, 3.05) is 17.7 Å². The van der Waals surface area contributed by atoms with Crippen molar-refractivity contribution in [2.45, 2.75) is 64.8 Å². The first-order chi connectivity index (χ1) is 10.1. The SMILES string of the molecule is CCC1CCC(Nc2nc(C3CC3)nc(NC)c2C)C1C. The Labute approximate surface area is 128 Å². The molecule has 2 saturated carbocycles. The molecule has 0 aliphatic heterocycles. The molecule has 0 spiro atoms. The number of nitrogens with one attached hydrogen (secondary N) is 2. The summed E-state index contributed by atoms with van der Waals surface area (Å²) in [5.41, 5.74) is 1.15. The first-order valence-corrected chi connectivity index (χ1v) is 8.46. The zero-order valence-electron chi connectivity index (χ0n) is 13.7. The van der Waals surface area contributed by atoms with Crippen LogP contribution in [-0.2, 0) is 0 Å². The van der Waals surface area contributed by atoms with E-state index in [2.05, 4.69) is 36.4 Å². The molecule has 0 saturated heterocycles. The van der Waals surface area contributed by atoms with Gasteiger partial charge in [-0.2, -0.15) is 0 Å². The lowest BCUT2D eigenvalue weighted by Crippen LogP contribution is -2.26. The summed E-state index contributed by atoms with van der Waals surface area (Å²) >= 11 is 0. The van der Waals surface area contributed by atoms with Gasteiger partial charge in [0.05, 0.1) is 0 Å². The second kappa shape index (κ2) is 5.82. The van der Waals surface area contributed by atoms with Gasteiger partial charge in [0.15, 0.2) is 0 Å². The van der Waals surface area contributed by atoms with Crippen molar-refractivity contribution in [1.82, 2.24) is 9.97 Å².